The highest BCUT2D eigenvalue weighted by Gasteiger charge is 2.14. The van der Waals surface area contributed by atoms with Crippen molar-refractivity contribution in [1.82, 2.24) is 10.2 Å². The number of rotatable bonds is 6. The second-order valence-corrected chi connectivity index (χ2v) is 4.18. The predicted molar refractivity (Wildman–Crippen MR) is 64.4 cm³/mol. The van der Waals surface area contributed by atoms with Crippen molar-refractivity contribution < 1.29 is 9.53 Å². The molecule has 0 aromatic carbocycles. The third kappa shape index (κ3) is 4.49. The molecular formula is C12H24N2O2. The van der Waals surface area contributed by atoms with Gasteiger partial charge in [-0.25, -0.2) is 0 Å². The van der Waals surface area contributed by atoms with Crippen molar-refractivity contribution in [3.8, 4) is 0 Å². The zero-order valence-corrected chi connectivity index (χ0v) is 10.5. The van der Waals surface area contributed by atoms with Gasteiger partial charge in [0.05, 0.1) is 6.61 Å². The molecule has 1 unspecified atom stereocenters. The van der Waals surface area contributed by atoms with E-state index >= 15 is 0 Å². The van der Waals surface area contributed by atoms with Gasteiger partial charge in [0.1, 0.15) is 0 Å². The Morgan fingerprint density at radius 3 is 2.75 bits per heavy atom. The Morgan fingerprint density at radius 2 is 2.19 bits per heavy atom. The topological polar surface area (TPSA) is 41.6 Å². The lowest BCUT2D eigenvalue weighted by Crippen LogP contribution is -2.39. The molecule has 0 spiro atoms. The Labute approximate surface area is 98.3 Å². The van der Waals surface area contributed by atoms with Gasteiger partial charge < -0.3 is 15.0 Å². The minimum atomic E-state index is 0.245. The van der Waals surface area contributed by atoms with Crippen molar-refractivity contribution in [2.75, 3.05) is 32.8 Å². The van der Waals surface area contributed by atoms with Crippen LogP contribution in [0.15, 0.2) is 0 Å². The van der Waals surface area contributed by atoms with Gasteiger partial charge in [-0.2, -0.15) is 0 Å². The Hall–Kier alpha value is -0.610. The number of carbonyl (C=O) groups excluding carboxylic acids is 1. The molecule has 1 aliphatic heterocycles. The van der Waals surface area contributed by atoms with Gasteiger partial charge in [0, 0.05) is 38.7 Å². The maximum absolute atomic E-state index is 11.7. The lowest BCUT2D eigenvalue weighted by molar-refractivity contribution is -0.130. The summed E-state index contributed by atoms with van der Waals surface area (Å²) in [4.78, 5) is 13.6. The molecule has 0 radical (unpaired) electrons. The van der Waals surface area contributed by atoms with Crippen molar-refractivity contribution in [3.05, 3.63) is 0 Å². The third-order valence-electron chi connectivity index (χ3n) is 3.05. The normalized spacial score (nSPS) is 20.8. The van der Waals surface area contributed by atoms with Crippen LogP contribution in [0.1, 0.15) is 33.1 Å². The van der Waals surface area contributed by atoms with E-state index in [4.69, 9.17) is 4.74 Å². The van der Waals surface area contributed by atoms with E-state index < -0.39 is 0 Å². The van der Waals surface area contributed by atoms with Gasteiger partial charge in [0.25, 0.3) is 0 Å². The van der Waals surface area contributed by atoms with Gasteiger partial charge in [0.15, 0.2) is 0 Å². The number of hydrogen-bond acceptors (Lipinski definition) is 3. The maximum Gasteiger partial charge on any atom is 0.223 e. The highest BCUT2D eigenvalue weighted by Crippen LogP contribution is 2.05. The lowest BCUT2D eigenvalue weighted by Gasteiger charge is -2.24. The first kappa shape index (κ1) is 13.5. The summed E-state index contributed by atoms with van der Waals surface area (Å²) >= 11 is 0. The molecule has 4 heteroatoms. The molecule has 1 saturated heterocycles. The van der Waals surface area contributed by atoms with Gasteiger partial charge in [-0.3, -0.25) is 4.79 Å². The molecule has 0 aromatic rings. The number of hydrogen-bond donors (Lipinski definition) is 1. The van der Waals surface area contributed by atoms with Crippen molar-refractivity contribution in [1.29, 1.82) is 0 Å². The SMILES string of the molecule is CCN(CC)C(=O)CCNC1CCCOC1. The van der Waals surface area contributed by atoms with E-state index in [1.54, 1.807) is 0 Å². The van der Waals surface area contributed by atoms with Crippen LogP contribution >= 0.6 is 0 Å². The van der Waals surface area contributed by atoms with E-state index in [0.717, 1.165) is 39.3 Å². The third-order valence-corrected chi connectivity index (χ3v) is 3.05. The molecule has 1 rings (SSSR count). The number of carbonyl (C=O) groups is 1. The van der Waals surface area contributed by atoms with E-state index in [0.29, 0.717) is 12.5 Å². The molecule has 16 heavy (non-hydrogen) atoms. The molecular weight excluding hydrogens is 204 g/mol. The zero-order chi connectivity index (χ0) is 11.8. The Kier molecular flexibility index (Phi) is 6.42. The van der Waals surface area contributed by atoms with E-state index in [-0.39, 0.29) is 5.91 Å². The van der Waals surface area contributed by atoms with Crippen LogP contribution in [0, 0.1) is 0 Å². The molecule has 4 nitrogen and oxygen atoms in total. The molecule has 94 valence electrons. The first-order chi connectivity index (χ1) is 7.77. The smallest absolute Gasteiger partial charge is 0.223 e. The molecule has 1 heterocycles. The van der Waals surface area contributed by atoms with Crippen LogP contribution in [0.4, 0.5) is 0 Å². The van der Waals surface area contributed by atoms with Gasteiger partial charge in [-0.05, 0) is 26.7 Å². The van der Waals surface area contributed by atoms with Gasteiger partial charge >= 0.3 is 0 Å². The summed E-state index contributed by atoms with van der Waals surface area (Å²) in [6.45, 7) is 8.09. The second-order valence-electron chi connectivity index (χ2n) is 4.18. The van der Waals surface area contributed by atoms with Crippen molar-refractivity contribution in [2.24, 2.45) is 0 Å². The zero-order valence-electron chi connectivity index (χ0n) is 10.5. The summed E-state index contributed by atoms with van der Waals surface area (Å²) < 4.78 is 5.37. The Bertz CT molecular complexity index is 199. The molecule has 0 bridgehead atoms. The molecule has 1 amide bonds. The van der Waals surface area contributed by atoms with Crippen LogP contribution in [-0.2, 0) is 9.53 Å². The van der Waals surface area contributed by atoms with E-state index in [2.05, 4.69) is 5.32 Å². The Morgan fingerprint density at radius 1 is 1.44 bits per heavy atom. The van der Waals surface area contributed by atoms with Crippen molar-refractivity contribution in [3.63, 3.8) is 0 Å². The van der Waals surface area contributed by atoms with Gasteiger partial charge in [0.2, 0.25) is 5.91 Å². The highest BCUT2D eigenvalue weighted by atomic mass is 16.5. The molecule has 1 fully saturated rings. The lowest BCUT2D eigenvalue weighted by atomic mass is 10.1. The molecule has 0 aliphatic carbocycles. The maximum atomic E-state index is 11.7. The number of amides is 1. The number of ether oxygens (including phenoxy) is 1. The van der Waals surface area contributed by atoms with E-state index in [1.807, 2.05) is 18.7 Å². The van der Waals surface area contributed by atoms with Crippen LogP contribution in [0.3, 0.4) is 0 Å². The van der Waals surface area contributed by atoms with Crippen LogP contribution in [-0.4, -0.2) is 49.7 Å². The Balaban J connectivity index is 2.11. The highest BCUT2D eigenvalue weighted by molar-refractivity contribution is 5.76. The first-order valence-electron chi connectivity index (χ1n) is 6.36. The fourth-order valence-corrected chi connectivity index (χ4v) is 2.02. The fraction of sp³-hybridized carbons (Fsp3) is 0.917. The van der Waals surface area contributed by atoms with Crippen LogP contribution in [0.2, 0.25) is 0 Å². The summed E-state index contributed by atoms with van der Waals surface area (Å²) in [6.07, 6.45) is 2.89. The second kappa shape index (κ2) is 7.63. The number of nitrogens with one attached hydrogen (secondary N) is 1. The summed E-state index contributed by atoms with van der Waals surface area (Å²) in [5.41, 5.74) is 0. The van der Waals surface area contributed by atoms with Crippen molar-refractivity contribution in [2.45, 2.75) is 39.2 Å². The summed E-state index contributed by atoms with van der Waals surface area (Å²) in [5, 5.41) is 3.38. The molecule has 0 saturated carbocycles. The summed E-state index contributed by atoms with van der Waals surface area (Å²) in [6, 6.07) is 0.443. The average Bonchev–Trinajstić information content (AvgIpc) is 2.32. The van der Waals surface area contributed by atoms with Crippen molar-refractivity contribution >= 4 is 5.91 Å². The standard InChI is InChI=1S/C12H24N2O2/c1-3-14(4-2)12(15)7-8-13-11-6-5-9-16-10-11/h11,13H,3-10H2,1-2H3. The van der Waals surface area contributed by atoms with Crippen LogP contribution < -0.4 is 5.32 Å². The van der Waals surface area contributed by atoms with Gasteiger partial charge in [-0.1, -0.05) is 0 Å². The van der Waals surface area contributed by atoms with Crippen LogP contribution in [0.5, 0.6) is 0 Å². The first-order valence-corrected chi connectivity index (χ1v) is 6.36. The minimum absolute atomic E-state index is 0.245. The van der Waals surface area contributed by atoms with E-state index in [1.165, 1.54) is 6.42 Å². The molecule has 1 N–H and O–H groups in total. The summed E-state index contributed by atoms with van der Waals surface area (Å²) in [5.74, 6) is 0.245. The minimum Gasteiger partial charge on any atom is -0.380 e. The number of nitrogens with zero attached hydrogens (tertiary/aromatic N) is 1. The molecule has 0 aromatic heterocycles. The fourth-order valence-electron chi connectivity index (χ4n) is 2.02. The molecule has 1 aliphatic rings. The monoisotopic (exact) mass is 228 g/mol. The van der Waals surface area contributed by atoms with Crippen LogP contribution in [0.25, 0.3) is 0 Å². The largest absolute Gasteiger partial charge is 0.380 e. The predicted octanol–water partition coefficient (Wildman–Crippen LogP) is 1.01. The molecule has 1 atom stereocenters. The quantitative estimate of drug-likeness (QED) is 0.738. The summed E-state index contributed by atoms with van der Waals surface area (Å²) in [7, 11) is 0. The average molecular weight is 228 g/mol. The van der Waals surface area contributed by atoms with Gasteiger partial charge in [-0.15, -0.1) is 0 Å². The van der Waals surface area contributed by atoms with E-state index in [9.17, 15) is 4.79 Å².